The van der Waals surface area contributed by atoms with Crippen LogP contribution in [0.4, 0.5) is 11.4 Å². The first-order valence-electron chi connectivity index (χ1n) is 9.66. The topological polar surface area (TPSA) is 41.9 Å². The third kappa shape index (κ3) is 4.51. The smallest absolute Gasteiger partial charge is 0.234 e. The summed E-state index contributed by atoms with van der Waals surface area (Å²) in [5, 5.41) is 0.707. The summed E-state index contributed by atoms with van der Waals surface area (Å²) in [4.78, 5) is 19.7. The fourth-order valence-electron chi connectivity index (χ4n) is 3.23. The zero-order valence-corrected chi connectivity index (χ0v) is 17.0. The van der Waals surface area contributed by atoms with Crippen molar-refractivity contribution in [1.82, 2.24) is 0 Å². The van der Waals surface area contributed by atoms with Crippen molar-refractivity contribution in [2.75, 3.05) is 11.5 Å². The number of rotatable bonds is 5. The lowest BCUT2D eigenvalue weighted by molar-refractivity contribution is -0.117. The molecule has 0 saturated carbocycles. The van der Waals surface area contributed by atoms with Crippen molar-refractivity contribution in [3.8, 4) is 5.75 Å². The van der Waals surface area contributed by atoms with Gasteiger partial charge in [-0.2, -0.15) is 0 Å². The molecule has 0 aliphatic carbocycles. The fraction of sp³-hybridized carbons (Fsp3) is 0.167. The van der Waals surface area contributed by atoms with Gasteiger partial charge in [0.05, 0.1) is 18.0 Å². The summed E-state index contributed by atoms with van der Waals surface area (Å²) in [6, 6.07) is 27.4. The van der Waals surface area contributed by atoms with E-state index in [1.807, 2.05) is 91.9 Å². The van der Waals surface area contributed by atoms with E-state index in [1.54, 1.807) is 16.7 Å². The molecule has 1 saturated heterocycles. The molecule has 3 aromatic rings. The molecule has 1 aliphatic heterocycles. The van der Waals surface area contributed by atoms with Crippen LogP contribution in [0.25, 0.3) is 0 Å². The van der Waals surface area contributed by atoms with Gasteiger partial charge in [-0.25, -0.2) is 4.99 Å². The molecule has 4 rings (SSSR count). The van der Waals surface area contributed by atoms with Crippen LogP contribution in [0.5, 0.6) is 5.75 Å². The predicted octanol–water partition coefficient (Wildman–Crippen LogP) is 5.98. The van der Waals surface area contributed by atoms with Crippen molar-refractivity contribution in [3.63, 3.8) is 0 Å². The SMILES string of the molecule is CCOc1ccc([C@H]2CC(=O)N(c3ccccc3)C(=Nc3ccccc3)S2)cc1. The van der Waals surface area contributed by atoms with E-state index in [4.69, 9.17) is 9.73 Å². The number of anilines is 1. The Labute approximate surface area is 175 Å². The zero-order chi connectivity index (χ0) is 20.1. The molecular weight excluding hydrogens is 380 g/mol. The summed E-state index contributed by atoms with van der Waals surface area (Å²) in [6.07, 6.45) is 0.418. The molecule has 0 N–H and O–H groups in total. The largest absolute Gasteiger partial charge is 0.494 e. The van der Waals surface area contributed by atoms with Gasteiger partial charge in [0.1, 0.15) is 5.75 Å². The fourth-order valence-corrected chi connectivity index (χ4v) is 4.47. The van der Waals surface area contributed by atoms with E-state index in [9.17, 15) is 4.79 Å². The van der Waals surface area contributed by atoms with E-state index < -0.39 is 0 Å². The summed E-state index contributed by atoms with van der Waals surface area (Å²) in [5.74, 6) is 0.885. The van der Waals surface area contributed by atoms with Crippen LogP contribution in [0.15, 0.2) is 89.9 Å². The van der Waals surface area contributed by atoms with Crippen LogP contribution in [0.3, 0.4) is 0 Å². The number of thioether (sulfide) groups is 1. The number of para-hydroxylation sites is 2. The summed E-state index contributed by atoms with van der Waals surface area (Å²) < 4.78 is 5.54. The molecule has 0 aromatic heterocycles. The van der Waals surface area contributed by atoms with Gasteiger partial charge in [-0.05, 0) is 48.9 Å². The molecule has 1 atom stereocenters. The number of carbonyl (C=O) groups is 1. The van der Waals surface area contributed by atoms with Crippen molar-refractivity contribution >= 4 is 34.2 Å². The maximum absolute atomic E-state index is 13.2. The molecule has 0 radical (unpaired) electrons. The highest BCUT2D eigenvalue weighted by atomic mass is 32.2. The van der Waals surface area contributed by atoms with Crippen molar-refractivity contribution in [2.24, 2.45) is 4.99 Å². The Morgan fingerprint density at radius 3 is 2.28 bits per heavy atom. The first-order chi connectivity index (χ1) is 14.2. The standard InChI is InChI=1S/C24H22N2O2S/c1-2-28-21-15-13-18(14-16-21)22-17-23(27)26(20-11-7-4-8-12-20)24(29-22)25-19-9-5-3-6-10-19/h3-16,22H,2,17H2,1H3/t22-/m1/s1. The Balaban J connectivity index is 1.68. The van der Waals surface area contributed by atoms with Gasteiger partial charge in [-0.15, -0.1) is 0 Å². The molecule has 146 valence electrons. The Hall–Kier alpha value is -3.05. The van der Waals surface area contributed by atoms with Crippen molar-refractivity contribution in [3.05, 3.63) is 90.5 Å². The lowest BCUT2D eigenvalue weighted by Gasteiger charge is -2.32. The monoisotopic (exact) mass is 402 g/mol. The van der Waals surface area contributed by atoms with Crippen molar-refractivity contribution in [2.45, 2.75) is 18.6 Å². The number of hydrogen-bond donors (Lipinski definition) is 0. The molecule has 1 heterocycles. The van der Waals surface area contributed by atoms with Gasteiger partial charge in [-0.3, -0.25) is 9.69 Å². The van der Waals surface area contributed by atoms with Gasteiger partial charge < -0.3 is 4.74 Å². The molecule has 1 fully saturated rings. The van der Waals surface area contributed by atoms with Gasteiger partial charge in [0, 0.05) is 11.7 Å². The van der Waals surface area contributed by atoms with E-state index in [1.165, 1.54) is 0 Å². The molecule has 0 bridgehead atoms. The maximum atomic E-state index is 13.2. The number of ether oxygens (including phenoxy) is 1. The summed E-state index contributed by atoms with van der Waals surface area (Å²) in [5.41, 5.74) is 2.76. The number of amidine groups is 1. The molecule has 0 unspecified atom stereocenters. The summed E-state index contributed by atoms with van der Waals surface area (Å²) in [6.45, 7) is 2.60. The lowest BCUT2D eigenvalue weighted by atomic mass is 10.1. The number of carbonyl (C=O) groups excluding carboxylic acids is 1. The van der Waals surface area contributed by atoms with Crippen LogP contribution in [-0.2, 0) is 4.79 Å². The number of benzene rings is 3. The third-order valence-corrected chi connectivity index (χ3v) is 5.81. The average Bonchev–Trinajstić information content (AvgIpc) is 2.76. The van der Waals surface area contributed by atoms with Gasteiger partial charge >= 0.3 is 0 Å². The minimum Gasteiger partial charge on any atom is -0.494 e. The van der Waals surface area contributed by atoms with E-state index in [0.29, 0.717) is 18.2 Å². The van der Waals surface area contributed by atoms with Crippen molar-refractivity contribution < 1.29 is 9.53 Å². The average molecular weight is 403 g/mol. The minimum absolute atomic E-state index is 0.0144. The molecular formula is C24H22N2O2S. The van der Waals surface area contributed by atoms with Gasteiger partial charge in [0.25, 0.3) is 0 Å². The molecule has 1 aliphatic rings. The highest BCUT2D eigenvalue weighted by Crippen LogP contribution is 2.41. The quantitative estimate of drug-likeness (QED) is 0.527. The van der Waals surface area contributed by atoms with Crippen molar-refractivity contribution in [1.29, 1.82) is 0 Å². The van der Waals surface area contributed by atoms with E-state index in [-0.39, 0.29) is 11.2 Å². The number of amides is 1. The van der Waals surface area contributed by atoms with Crippen LogP contribution >= 0.6 is 11.8 Å². The summed E-state index contributed by atoms with van der Waals surface area (Å²) in [7, 11) is 0. The maximum Gasteiger partial charge on any atom is 0.234 e. The second kappa shape index (κ2) is 8.97. The lowest BCUT2D eigenvalue weighted by Crippen LogP contribution is -2.40. The first-order valence-corrected chi connectivity index (χ1v) is 10.5. The Bertz CT molecular complexity index is 988. The molecule has 0 spiro atoms. The third-order valence-electron chi connectivity index (χ3n) is 4.61. The van der Waals surface area contributed by atoms with Crippen LogP contribution in [0.2, 0.25) is 0 Å². The van der Waals surface area contributed by atoms with Crippen LogP contribution < -0.4 is 9.64 Å². The van der Waals surface area contributed by atoms with Gasteiger partial charge in [-0.1, -0.05) is 60.3 Å². The second-order valence-electron chi connectivity index (χ2n) is 6.61. The van der Waals surface area contributed by atoms with E-state index in [2.05, 4.69) is 0 Å². The molecule has 1 amide bonds. The zero-order valence-electron chi connectivity index (χ0n) is 16.2. The normalized spacial score (nSPS) is 18.1. The Morgan fingerprint density at radius 2 is 1.62 bits per heavy atom. The van der Waals surface area contributed by atoms with Crippen LogP contribution in [0.1, 0.15) is 24.2 Å². The summed E-state index contributed by atoms with van der Waals surface area (Å²) >= 11 is 1.62. The van der Waals surface area contributed by atoms with Gasteiger partial charge in [0.2, 0.25) is 5.91 Å². The number of hydrogen-bond acceptors (Lipinski definition) is 4. The van der Waals surface area contributed by atoms with E-state index >= 15 is 0 Å². The molecule has 29 heavy (non-hydrogen) atoms. The molecule has 4 nitrogen and oxygen atoms in total. The Kier molecular flexibility index (Phi) is 5.96. The van der Waals surface area contributed by atoms with E-state index in [0.717, 1.165) is 22.7 Å². The minimum atomic E-state index is 0.0144. The first kappa shape index (κ1) is 19.3. The van der Waals surface area contributed by atoms with Gasteiger partial charge in [0.15, 0.2) is 5.17 Å². The Morgan fingerprint density at radius 1 is 0.966 bits per heavy atom. The highest BCUT2D eigenvalue weighted by Gasteiger charge is 2.33. The van der Waals surface area contributed by atoms with Crippen LogP contribution in [-0.4, -0.2) is 17.7 Å². The number of aliphatic imine (C=N–C) groups is 1. The number of nitrogens with zero attached hydrogens (tertiary/aromatic N) is 2. The van der Waals surface area contributed by atoms with Crippen LogP contribution in [0, 0.1) is 0 Å². The molecule has 5 heteroatoms. The second-order valence-corrected chi connectivity index (χ2v) is 7.78. The highest BCUT2D eigenvalue weighted by molar-refractivity contribution is 8.14. The molecule has 3 aromatic carbocycles. The predicted molar refractivity (Wildman–Crippen MR) is 120 cm³/mol.